The third kappa shape index (κ3) is 1.87. The molecular weight excluding hydrogens is 155 g/mol. The first-order valence-corrected chi connectivity index (χ1v) is 4.35. The largest absolute Gasteiger partial charge is 0.371 e. The third-order valence-corrected chi connectivity index (χ3v) is 2.39. The molecule has 4 nitrogen and oxygen atoms in total. The quantitative estimate of drug-likeness (QED) is 0.454. The first kappa shape index (κ1) is 6.95. The fraction of sp³-hybridized carbons (Fsp3) is 1.00. The van der Waals surface area contributed by atoms with Crippen LogP contribution < -0.4 is 0 Å². The van der Waals surface area contributed by atoms with E-state index in [0.29, 0.717) is 25.9 Å². The van der Waals surface area contributed by atoms with Crippen molar-refractivity contribution in [3.63, 3.8) is 0 Å². The summed E-state index contributed by atoms with van der Waals surface area (Å²) < 4.78 is 20.4. The number of hydrogen-bond donors (Lipinski definition) is 0. The number of epoxide rings is 1. The summed E-state index contributed by atoms with van der Waals surface area (Å²) in [4.78, 5) is 0. The Balaban J connectivity index is 1.59. The molecule has 0 aromatic heterocycles. The van der Waals surface area contributed by atoms with Gasteiger partial charge in [-0.1, -0.05) is 0 Å². The second-order valence-corrected chi connectivity index (χ2v) is 3.36. The van der Waals surface area contributed by atoms with Gasteiger partial charge in [-0.05, 0) is 0 Å². The van der Waals surface area contributed by atoms with Gasteiger partial charge in [0.2, 0.25) is 0 Å². The molecule has 58 valence electrons. The molecule has 1 unspecified atom stereocenters. The zero-order valence-electron chi connectivity index (χ0n) is 5.49. The second-order valence-electron chi connectivity index (χ2n) is 2.14. The normalized spacial score (nSPS) is 33.0. The molecule has 10 heavy (non-hydrogen) atoms. The maximum atomic E-state index is 5.22. The lowest BCUT2D eigenvalue weighted by Crippen LogP contribution is -1.96. The average molecular weight is 164 g/mol. The lowest BCUT2D eigenvalue weighted by molar-refractivity contribution is 0.220. The van der Waals surface area contributed by atoms with E-state index in [0.717, 1.165) is 6.61 Å². The Morgan fingerprint density at radius 1 is 1.40 bits per heavy atom. The van der Waals surface area contributed by atoms with E-state index in [-0.39, 0.29) is 0 Å². The molecule has 0 N–H and O–H groups in total. The Kier molecular flexibility index (Phi) is 2.16. The molecule has 0 aromatic rings. The molecule has 0 aliphatic carbocycles. The third-order valence-electron chi connectivity index (χ3n) is 1.24. The van der Waals surface area contributed by atoms with Gasteiger partial charge in [-0.15, -0.1) is 0 Å². The highest BCUT2D eigenvalue weighted by Crippen LogP contribution is 2.43. The topological polar surface area (TPSA) is 40.2 Å². The van der Waals surface area contributed by atoms with Crippen molar-refractivity contribution < 1.29 is 18.3 Å². The predicted octanol–water partition coefficient (Wildman–Crippen LogP) is 0.675. The van der Waals surface area contributed by atoms with E-state index >= 15 is 0 Å². The van der Waals surface area contributed by atoms with Crippen LogP contribution in [0.3, 0.4) is 0 Å². The van der Waals surface area contributed by atoms with E-state index in [2.05, 4.69) is 0 Å². The Labute approximate surface area is 60.4 Å². The fourth-order valence-electron chi connectivity index (χ4n) is 0.644. The van der Waals surface area contributed by atoms with Crippen molar-refractivity contribution in [3.8, 4) is 0 Å². The summed E-state index contributed by atoms with van der Waals surface area (Å²) in [5.74, 6) is 0. The summed E-state index contributed by atoms with van der Waals surface area (Å²) in [6.07, 6.45) is 0.301. The molecule has 0 amide bonds. The summed E-state index contributed by atoms with van der Waals surface area (Å²) in [5, 5.41) is 0. The van der Waals surface area contributed by atoms with E-state index in [4.69, 9.17) is 18.3 Å². The van der Waals surface area contributed by atoms with Crippen LogP contribution in [0.15, 0.2) is 0 Å². The molecule has 1 atom stereocenters. The summed E-state index contributed by atoms with van der Waals surface area (Å²) in [6, 6.07) is 0. The van der Waals surface area contributed by atoms with Gasteiger partial charge >= 0.3 is 8.60 Å². The highest BCUT2D eigenvalue weighted by molar-refractivity contribution is 7.41. The second kappa shape index (κ2) is 3.11. The Morgan fingerprint density at radius 3 is 2.70 bits per heavy atom. The molecule has 2 aliphatic rings. The fourth-order valence-corrected chi connectivity index (χ4v) is 1.60. The SMILES string of the molecule is C1COP(OCC2CO2)O1. The van der Waals surface area contributed by atoms with Gasteiger partial charge in [-0.2, -0.15) is 0 Å². The lowest BCUT2D eigenvalue weighted by atomic mass is 10.5. The van der Waals surface area contributed by atoms with Crippen molar-refractivity contribution >= 4 is 8.60 Å². The van der Waals surface area contributed by atoms with Gasteiger partial charge < -0.3 is 18.3 Å². The zero-order chi connectivity index (χ0) is 6.81. The maximum absolute atomic E-state index is 5.22. The zero-order valence-corrected chi connectivity index (χ0v) is 6.38. The maximum Gasteiger partial charge on any atom is 0.332 e. The molecule has 2 heterocycles. The Hall–Kier alpha value is 0.270. The first-order chi connectivity index (χ1) is 4.95. The van der Waals surface area contributed by atoms with Crippen LogP contribution in [0.25, 0.3) is 0 Å². The van der Waals surface area contributed by atoms with Gasteiger partial charge in [0.05, 0.1) is 26.4 Å². The molecule has 0 radical (unpaired) electrons. The smallest absolute Gasteiger partial charge is 0.332 e. The highest BCUT2D eigenvalue weighted by Gasteiger charge is 2.27. The van der Waals surface area contributed by atoms with Gasteiger partial charge in [0.25, 0.3) is 0 Å². The summed E-state index contributed by atoms with van der Waals surface area (Å²) in [7, 11) is -1.02. The van der Waals surface area contributed by atoms with Crippen LogP contribution in [0.2, 0.25) is 0 Å². The van der Waals surface area contributed by atoms with Crippen molar-refractivity contribution in [2.75, 3.05) is 26.4 Å². The molecule has 0 bridgehead atoms. The molecule has 2 fully saturated rings. The molecule has 2 rings (SSSR count). The van der Waals surface area contributed by atoms with Crippen LogP contribution in [0.4, 0.5) is 0 Å². The van der Waals surface area contributed by atoms with Gasteiger partial charge in [-0.3, -0.25) is 0 Å². The summed E-state index contributed by atoms with van der Waals surface area (Å²) in [6.45, 7) is 2.77. The first-order valence-electron chi connectivity index (χ1n) is 3.25. The van der Waals surface area contributed by atoms with Gasteiger partial charge in [0, 0.05) is 0 Å². The van der Waals surface area contributed by atoms with E-state index < -0.39 is 8.60 Å². The summed E-state index contributed by atoms with van der Waals surface area (Å²) in [5.41, 5.74) is 0. The molecule has 2 aliphatic heterocycles. The monoisotopic (exact) mass is 164 g/mol. The van der Waals surface area contributed by atoms with Crippen molar-refractivity contribution in [3.05, 3.63) is 0 Å². The van der Waals surface area contributed by atoms with Crippen LogP contribution >= 0.6 is 8.60 Å². The van der Waals surface area contributed by atoms with Crippen molar-refractivity contribution in [2.24, 2.45) is 0 Å². The van der Waals surface area contributed by atoms with Gasteiger partial charge in [0.15, 0.2) is 0 Å². The average Bonchev–Trinajstić information content (AvgIpc) is 2.63. The minimum absolute atomic E-state index is 0.301. The van der Waals surface area contributed by atoms with E-state index in [9.17, 15) is 0 Å². The minimum Gasteiger partial charge on any atom is -0.371 e. The van der Waals surface area contributed by atoms with Crippen LogP contribution in [-0.2, 0) is 18.3 Å². The molecule has 0 saturated carbocycles. The lowest BCUT2D eigenvalue weighted by Gasteiger charge is -2.04. The van der Waals surface area contributed by atoms with Crippen LogP contribution in [-0.4, -0.2) is 32.5 Å². The van der Waals surface area contributed by atoms with Crippen LogP contribution in [0.1, 0.15) is 0 Å². The summed E-state index contributed by atoms with van der Waals surface area (Å²) >= 11 is 0. The van der Waals surface area contributed by atoms with Crippen molar-refractivity contribution in [2.45, 2.75) is 6.10 Å². The molecular formula is C5H9O4P. The van der Waals surface area contributed by atoms with Crippen LogP contribution in [0.5, 0.6) is 0 Å². The minimum atomic E-state index is -1.02. The van der Waals surface area contributed by atoms with Crippen molar-refractivity contribution in [1.82, 2.24) is 0 Å². The van der Waals surface area contributed by atoms with Gasteiger partial charge in [0.1, 0.15) is 6.10 Å². The van der Waals surface area contributed by atoms with Gasteiger partial charge in [-0.25, -0.2) is 0 Å². The molecule has 5 heteroatoms. The Morgan fingerprint density at radius 2 is 2.10 bits per heavy atom. The van der Waals surface area contributed by atoms with Crippen LogP contribution in [0, 0.1) is 0 Å². The number of rotatable bonds is 3. The number of hydrogen-bond acceptors (Lipinski definition) is 4. The van der Waals surface area contributed by atoms with E-state index in [1.54, 1.807) is 0 Å². The molecule has 0 spiro atoms. The standard InChI is InChI=1S/C5H9O4P/c1-2-8-10(7-1)9-4-5-3-6-5/h5H,1-4H2. The number of ether oxygens (including phenoxy) is 1. The molecule has 2 saturated heterocycles. The predicted molar refractivity (Wildman–Crippen MR) is 34.5 cm³/mol. The molecule has 0 aromatic carbocycles. The van der Waals surface area contributed by atoms with Crippen molar-refractivity contribution in [1.29, 1.82) is 0 Å². The Bertz CT molecular complexity index is 110. The van der Waals surface area contributed by atoms with E-state index in [1.807, 2.05) is 0 Å². The highest BCUT2D eigenvalue weighted by atomic mass is 31.2. The van der Waals surface area contributed by atoms with E-state index in [1.165, 1.54) is 0 Å².